The predicted octanol–water partition coefficient (Wildman–Crippen LogP) is 4.57. The van der Waals surface area contributed by atoms with Crippen molar-refractivity contribution in [3.8, 4) is 0 Å². The minimum atomic E-state index is 0.114. The summed E-state index contributed by atoms with van der Waals surface area (Å²) in [5, 5.41) is 14.3. The molecule has 0 bridgehead atoms. The summed E-state index contributed by atoms with van der Waals surface area (Å²) in [6.45, 7) is 4.04. The van der Waals surface area contributed by atoms with Gasteiger partial charge >= 0.3 is 0 Å². The third-order valence-electron chi connectivity index (χ3n) is 5.08. The SMILES string of the molecule is CCc1cn2c(Nc3cc(C)[nH]n3)nc(Sc3ccc(NC(=O)C4CC4)cc3)cc2n1. The van der Waals surface area contributed by atoms with Gasteiger partial charge in [0.25, 0.3) is 0 Å². The maximum atomic E-state index is 11.9. The number of nitrogens with zero attached hydrogens (tertiary/aromatic N) is 4. The molecule has 3 N–H and O–H groups in total. The second-order valence-corrected chi connectivity index (χ2v) is 8.78. The fraction of sp³-hybridized carbons (Fsp3) is 0.273. The van der Waals surface area contributed by atoms with Crippen LogP contribution in [0.3, 0.4) is 0 Å². The highest BCUT2D eigenvalue weighted by Crippen LogP contribution is 2.32. The van der Waals surface area contributed by atoms with Crippen LogP contribution in [-0.4, -0.2) is 30.5 Å². The highest BCUT2D eigenvalue weighted by Gasteiger charge is 2.29. The van der Waals surface area contributed by atoms with Crippen LogP contribution in [0.15, 0.2) is 52.5 Å². The number of aryl methyl sites for hydroxylation is 2. The molecular formula is C22H23N7OS. The Balaban J connectivity index is 1.40. The molecule has 1 amide bonds. The third kappa shape index (κ3) is 4.41. The number of carbonyl (C=O) groups is 1. The van der Waals surface area contributed by atoms with E-state index in [4.69, 9.17) is 9.97 Å². The molecule has 3 aromatic heterocycles. The topological polar surface area (TPSA) is 100 Å². The van der Waals surface area contributed by atoms with Crippen LogP contribution in [-0.2, 0) is 11.2 Å². The highest BCUT2D eigenvalue weighted by molar-refractivity contribution is 7.99. The van der Waals surface area contributed by atoms with E-state index in [2.05, 4.69) is 27.8 Å². The van der Waals surface area contributed by atoms with E-state index in [0.717, 1.165) is 51.9 Å². The lowest BCUT2D eigenvalue weighted by molar-refractivity contribution is -0.117. The van der Waals surface area contributed by atoms with Crippen molar-refractivity contribution in [2.75, 3.05) is 10.6 Å². The van der Waals surface area contributed by atoms with Gasteiger partial charge in [0.05, 0.1) is 5.69 Å². The van der Waals surface area contributed by atoms with Crippen LogP contribution >= 0.6 is 11.8 Å². The van der Waals surface area contributed by atoms with Crippen LogP contribution in [0.1, 0.15) is 31.2 Å². The molecule has 0 unspecified atom stereocenters. The number of imidazole rings is 1. The van der Waals surface area contributed by atoms with Crippen molar-refractivity contribution in [2.45, 2.75) is 43.0 Å². The van der Waals surface area contributed by atoms with Crippen LogP contribution in [0.4, 0.5) is 17.5 Å². The summed E-state index contributed by atoms with van der Waals surface area (Å²) in [6.07, 6.45) is 4.83. The summed E-state index contributed by atoms with van der Waals surface area (Å²) < 4.78 is 1.95. The smallest absolute Gasteiger partial charge is 0.227 e. The molecule has 0 atom stereocenters. The number of hydrogen-bond acceptors (Lipinski definition) is 6. The van der Waals surface area contributed by atoms with Crippen molar-refractivity contribution in [1.82, 2.24) is 24.6 Å². The van der Waals surface area contributed by atoms with Crippen LogP contribution in [0.5, 0.6) is 0 Å². The molecule has 0 spiro atoms. The largest absolute Gasteiger partial charge is 0.326 e. The second kappa shape index (κ2) is 8.07. The van der Waals surface area contributed by atoms with E-state index in [-0.39, 0.29) is 11.8 Å². The highest BCUT2D eigenvalue weighted by atomic mass is 32.2. The minimum Gasteiger partial charge on any atom is -0.326 e. The Labute approximate surface area is 183 Å². The number of rotatable bonds is 7. The number of aromatic amines is 1. The first kappa shape index (κ1) is 19.6. The Bertz CT molecular complexity index is 1240. The van der Waals surface area contributed by atoms with E-state index >= 15 is 0 Å². The Morgan fingerprint density at radius 1 is 1.23 bits per heavy atom. The quantitative estimate of drug-likeness (QED) is 0.369. The van der Waals surface area contributed by atoms with Gasteiger partial charge in [-0.3, -0.25) is 14.3 Å². The fourth-order valence-corrected chi connectivity index (χ4v) is 4.05. The van der Waals surface area contributed by atoms with E-state index in [0.29, 0.717) is 11.8 Å². The molecule has 9 heteroatoms. The normalized spacial score (nSPS) is 13.5. The monoisotopic (exact) mass is 433 g/mol. The summed E-state index contributed by atoms with van der Waals surface area (Å²) in [5.41, 5.74) is 3.62. The van der Waals surface area contributed by atoms with Gasteiger partial charge in [0.1, 0.15) is 10.7 Å². The zero-order valence-corrected chi connectivity index (χ0v) is 18.2. The Morgan fingerprint density at radius 2 is 2.03 bits per heavy atom. The van der Waals surface area contributed by atoms with E-state index in [1.54, 1.807) is 11.8 Å². The van der Waals surface area contributed by atoms with Crippen LogP contribution in [0.2, 0.25) is 0 Å². The van der Waals surface area contributed by atoms with Gasteiger partial charge in [0.15, 0.2) is 5.82 Å². The van der Waals surface area contributed by atoms with Gasteiger partial charge in [0.2, 0.25) is 11.9 Å². The molecule has 158 valence electrons. The Hall–Kier alpha value is -3.33. The van der Waals surface area contributed by atoms with Crippen LogP contribution in [0.25, 0.3) is 5.65 Å². The van der Waals surface area contributed by atoms with Crippen molar-refractivity contribution in [2.24, 2.45) is 5.92 Å². The second-order valence-electron chi connectivity index (χ2n) is 7.68. The van der Waals surface area contributed by atoms with Crippen LogP contribution in [0, 0.1) is 12.8 Å². The van der Waals surface area contributed by atoms with Crippen molar-refractivity contribution in [1.29, 1.82) is 0 Å². The van der Waals surface area contributed by atoms with Crippen molar-refractivity contribution in [3.05, 3.63) is 54.0 Å². The molecule has 8 nitrogen and oxygen atoms in total. The average molecular weight is 434 g/mol. The summed E-state index contributed by atoms with van der Waals surface area (Å²) in [7, 11) is 0. The van der Waals surface area contributed by atoms with Gasteiger partial charge in [-0.05, 0) is 50.5 Å². The van der Waals surface area contributed by atoms with Gasteiger partial charge in [-0.25, -0.2) is 9.97 Å². The average Bonchev–Trinajstić information content (AvgIpc) is 3.41. The zero-order chi connectivity index (χ0) is 21.4. The summed E-state index contributed by atoms with van der Waals surface area (Å²) in [5.74, 6) is 1.67. The molecule has 0 radical (unpaired) electrons. The first-order chi connectivity index (χ1) is 15.1. The molecule has 1 aliphatic carbocycles. The summed E-state index contributed by atoms with van der Waals surface area (Å²) >= 11 is 1.55. The molecule has 1 aliphatic rings. The number of benzene rings is 1. The number of nitrogens with one attached hydrogen (secondary N) is 3. The van der Waals surface area contributed by atoms with Gasteiger partial charge in [-0.1, -0.05) is 18.7 Å². The number of fused-ring (bicyclic) bond motifs is 1. The lowest BCUT2D eigenvalue weighted by atomic mass is 10.3. The van der Waals surface area contributed by atoms with Crippen molar-refractivity contribution in [3.63, 3.8) is 0 Å². The van der Waals surface area contributed by atoms with Crippen LogP contribution < -0.4 is 10.6 Å². The van der Waals surface area contributed by atoms with E-state index < -0.39 is 0 Å². The summed E-state index contributed by atoms with van der Waals surface area (Å²) in [4.78, 5) is 22.5. The van der Waals surface area contributed by atoms with Gasteiger partial charge < -0.3 is 10.6 Å². The van der Waals surface area contributed by atoms with E-state index in [1.165, 1.54) is 0 Å². The molecule has 1 saturated carbocycles. The number of carbonyl (C=O) groups excluding carboxylic acids is 1. The van der Waals surface area contributed by atoms with Gasteiger partial charge in [-0.15, -0.1) is 0 Å². The first-order valence-corrected chi connectivity index (χ1v) is 11.2. The van der Waals surface area contributed by atoms with E-state index in [1.807, 2.05) is 53.9 Å². The first-order valence-electron chi connectivity index (χ1n) is 10.3. The maximum absolute atomic E-state index is 11.9. The number of anilines is 3. The lowest BCUT2D eigenvalue weighted by Gasteiger charge is -2.09. The van der Waals surface area contributed by atoms with Crippen molar-refractivity contribution < 1.29 is 4.79 Å². The molecule has 1 aromatic carbocycles. The number of H-pyrrole nitrogens is 1. The molecule has 0 aliphatic heterocycles. The number of hydrogen-bond donors (Lipinski definition) is 3. The third-order valence-corrected chi connectivity index (χ3v) is 6.01. The molecule has 4 aromatic rings. The van der Waals surface area contributed by atoms with Gasteiger partial charge in [-0.2, -0.15) is 5.10 Å². The molecule has 0 saturated heterocycles. The fourth-order valence-electron chi connectivity index (χ4n) is 3.24. The zero-order valence-electron chi connectivity index (χ0n) is 17.3. The maximum Gasteiger partial charge on any atom is 0.227 e. The minimum absolute atomic E-state index is 0.114. The number of aromatic nitrogens is 5. The van der Waals surface area contributed by atoms with E-state index in [9.17, 15) is 4.79 Å². The molecule has 5 rings (SSSR count). The van der Waals surface area contributed by atoms with Gasteiger partial charge in [0, 0.05) is 40.5 Å². The van der Waals surface area contributed by atoms with Crippen molar-refractivity contribution >= 4 is 40.8 Å². The summed E-state index contributed by atoms with van der Waals surface area (Å²) in [6, 6.07) is 11.8. The molecular weight excluding hydrogens is 410 g/mol. The molecule has 31 heavy (non-hydrogen) atoms. The molecule has 3 heterocycles. The predicted molar refractivity (Wildman–Crippen MR) is 121 cm³/mol. The lowest BCUT2D eigenvalue weighted by Crippen LogP contribution is -2.12. The molecule has 1 fully saturated rings. The standard InChI is InChI=1S/C22H23N7OS/c1-3-15-12-29-19(23-15)11-20(26-22(29)25-18-10-13(2)27-28-18)31-17-8-6-16(7-9-17)24-21(30)14-4-5-14/h6-12,14H,3-5H2,1-2H3,(H,24,30)(H2,25,26,27,28). The number of amides is 1. The Morgan fingerprint density at radius 3 is 2.71 bits per heavy atom. The Kier molecular flexibility index (Phi) is 5.11.